The molecule has 1 aliphatic rings. The molecule has 2 heterocycles. The highest BCUT2D eigenvalue weighted by atomic mass is 16.3. The Bertz CT molecular complexity index is 439. The van der Waals surface area contributed by atoms with Crippen molar-refractivity contribution in [1.82, 2.24) is 10.2 Å². The number of hydrogen-bond acceptors (Lipinski definition) is 3. The van der Waals surface area contributed by atoms with Crippen LogP contribution in [0.3, 0.4) is 0 Å². The van der Waals surface area contributed by atoms with E-state index in [-0.39, 0.29) is 5.91 Å². The van der Waals surface area contributed by atoms with E-state index >= 15 is 0 Å². The van der Waals surface area contributed by atoms with Gasteiger partial charge in [0.25, 0.3) is 0 Å². The number of likely N-dealkylation sites (tertiary alicyclic amines) is 1. The quantitative estimate of drug-likeness (QED) is 0.901. The molecule has 20 heavy (non-hydrogen) atoms. The minimum absolute atomic E-state index is 0.264. The maximum Gasteiger partial charge on any atom is 0.222 e. The second-order valence-corrected chi connectivity index (χ2v) is 6.05. The minimum atomic E-state index is 0.264. The van der Waals surface area contributed by atoms with Crippen LogP contribution >= 0.6 is 0 Å². The first-order valence-corrected chi connectivity index (χ1v) is 7.60. The lowest BCUT2D eigenvalue weighted by atomic mass is 9.89. The minimum Gasteiger partial charge on any atom is -0.463 e. The van der Waals surface area contributed by atoms with Gasteiger partial charge in [-0.3, -0.25) is 4.79 Å². The first-order valence-electron chi connectivity index (χ1n) is 7.60. The molecule has 1 aliphatic heterocycles. The van der Waals surface area contributed by atoms with Crippen molar-refractivity contribution in [1.29, 1.82) is 0 Å². The van der Waals surface area contributed by atoms with Crippen molar-refractivity contribution < 1.29 is 9.21 Å². The summed E-state index contributed by atoms with van der Waals surface area (Å²) >= 11 is 0. The monoisotopic (exact) mass is 278 g/mol. The van der Waals surface area contributed by atoms with Gasteiger partial charge in [-0.1, -0.05) is 13.8 Å². The molecule has 1 aromatic rings. The normalized spacial score (nSPS) is 20.5. The summed E-state index contributed by atoms with van der Waals surface area (Å²) in [6.07, 6.45) is 2.80. The topological polar surface area (TPSA) is 45.5 Å². The second-order valence-electron chi connectivity index (χ2n) is 6.05. The summed E-state index contributed by atoms with van der Waals surface area (Å²) in [5.74, 6) is 3.39. The van der Waals surface area contributed by atoms with Crippen LogP contribution in [0, 0.1) is 11.8 Å². The van der Waals surface area contributed by atoms with Gasteiger partial charge >= 0.3 is 0 Å². The van der Waals surface area contributed by atoms with Crippen LogP contribution in [-0.4, -0.2) is 24.4 Å². The molecule has 1 amide bonds. The maximum absolute atomic E-state index is 12.2. The van der Waals surface area contributed by atoms with E-state index in [0.29, 0.717) is 24.8 Å². The van der Waals surface area contributed by atoms with Gasteiger partial charge in [0, 0.05) is 13.0 Å². The van der Waals surface area contributed by atoms with Gasteiger partial charge in [-0.05, 0) is 43.9 Å². The Morgan fingerprint density at radius 1 is 1.35 bits per heavy atom. The van der Waals surface area contributed by atoms with Crippen molar-refractivity contribution in [3.8, 4) is 0 Å². The summed E-state index contributed by atoms with van der Waals surface area (Å²) in [5, 5.41) is 3.06. The fourth-order valence-electron chi connectivity index (χ4n) is 2.86. The van der Waals surface area contributed by atoms with E-state index in [1.54, 1.807) is 0 Å². The Kier molecular flexibility index (Phi) is 5.24. The first-order chi connectivity index (χ1) is 9.60. The van der Waals surface area contributed by atoms with Crippen LogP contribution < -0.4 is 5.32 Å². The van der Waals surface area contributed by atoms with E-state index in [9.17, 15) is 4.79 Å². The summed E-state index contributed by atoms with van der Waals surface area (Å²) in [5.41, 5.74) is 0. The van der Waals surface area contributed by atoms with Gasteiger partial charge in [-0.15, -0.1) is 0 Å². The summed E-state index contributed by atoms with van der Waals surface area (Å²) in [4.78, 5) is 14.1. The van der Waals surface area contributed by atoms with Crippen LogP contribution in [0.5, 0.6) is 0 Å². The molecule has 0 aliphatic carbocycles. The van der Waals surface area contributed by atoms with Crippen molar-refractivity contribution in [3.05, 3.63) is 23.7 Å². The SMILES string of the molecule is CNCc1ccc(CN2CCC(C(C)C)CCC2=O)o1. The predicted molar refractivity (Wildman–Crippen MR) is 79.1 cm³/mol. The molecule has 0 bridgehead atoms. The molecule has 112 valence electrons. The zero-order valence-corrected chi connectivity index (χ0v) is 12.8. The van der Waals surface area contributed by atoms with E-state index in [2.05, 4.69) is 19.2 Å². The molecule has 0 aromatic carbocycles. The molecule has 4 heteroatoms. The van der Waals surface area contributed by atoms with E-state index < -0.39 is 0 Å². The molecule has 1 unspecified atom stereocenters. The number of amides is 1. The van der Waals surface area contributed by atoms with Crippen molar-refractivity contribution in [2.45, 2.75) is 46.2 Å². The molecule has 0 spiro atoms. The molecule has 1 fully saturated rings. The fraction of sp³-hybridized carbons (Fsp3) is 0.688. The van der Waals surface area contributed by atoms with E-state index in [0.717, 1.165) is 37.5 Å². The van der Waals surface area contributed by atoms with Gasteiger partial charge in [-0.2, -0.15) is 0 Å². The molecule has 4 nitrogen and oxygen atoms in total. The number of hydrogen-bond donors (Lipinski definition) is 1. The van der Waals surface area contributed by atoms with E-state index in [4.69, 9.17) is 4.42 Å². The van der Waals surface area contributed by atoms with Gasteiger partial charge < -0.3 is 14.6 Å². The molecule has 1 aromatic heterocycles. The lowest BCUT2D eigenvalue weighted by Crippen LogP contribution is -2.29. The number of rotatable bonds is 5. The Labute approximate surface area is 121 Å². The number of furan rings is 1. The third-order valence-corrected chi connectivity index (χ3v) is 4.21. The highest BCUT2D eigenvalue weighted by Crippen LogP contribution is 2.26. The van der Waals surface area contributed by atoms with Gasteiger partial charge in [0.05, 0.1) is 13.1 Å². The largest absolute Gasteiger partial charge is 0.463 e. The predicted octanol–water partition coefficient (Wildman–Crippen LogP) is 2.78. The van der Waals surface area contributed by atoms with E-state index in [1.807, 2.05) is 24.1 Å². The molecular formula is C16H26N2O2. The summed E-state index contributed by atoms with van der Waals surface area (Å²) < 4.78 is 5.73. The summed E-state index contributed by atoms with van der Waals surface area (Å²) in [6.45, 7) is 6.68. The molecule has 0 radical (unpaired) electrons. The molecule has 2 rings (SSSR count). The van der Waals surface area contributed by atoms with Crippen molar-refractivity contribution in [3.63, 3.8) is 0 Å². The average Bonchev–Trinajstić information content (AvgIpc) is 2.75. The Hall–Kier alpha value is -1.29. The van der Waals surface area contributed by atoms with Crippen LogP contribution in [0.1, 0.15) is 44.6 Å². The van der Waals surface area contributed by atoms with Crippen LogP contribution in [-0.2, 0) is 17.9 Å². The fourth-order valence-corrected chi connectivity index (χ4v) is 2.86. The third-order valence-electron chi connectivity index (χ3n) is 4.21. The van der Waals surface area contributed by atoms with Crippen LogP contribution in [0.15, 0.2) is 16.5 Å². The van der Waals surface area contributed by atoms with Crippen molar-refractivity contribution in [2.75, 3.05) is 13.6 Å². The zero-order chi connectivity index (χ0) is 14.5. The lowest BCUT2D eigenvalue weighted by molar-refractivity contribution is -0.131. The maximum atomic E-state index is 12.2. The highest BCUT2D eigenvalue weighted by Gasteiger charge is 2.24. The number of nitrogens with one attached hydrogen (secondary N) is 1. The average molecular weight is 278 g/mol. The third kappa shape index (κ3) is 3.85. The van der Waals surface area contributed by atoms with Crippen molar-refractivity contribution in [2.24, 2.45) is 11.8 Å². The van der Waals surface area contributed by atoms with Crippen LogP contribution in [0.4, 0.5) is 0 Å². The standard InChI is InChI=1S/C16H26N2O2/c1-12(2)13-4-7-16(19)18(9-8-13)11-15-6-5-14(20-15)10-17-3/h5-6,12-13,17H,4,7-11H2,1-3H3. The number of nitrogens with zero attached hydrogens (tertiary/aromatic N) is 1. The number of carbonyl (C=O) groups is 1. The van der Waals surface area contributed by atoms with E-state index in [1.165, 1.54) is 0 Å². The van der Waals surface area contributed by atoms with Gasteiger partial charge in [0.15, 0.2) is 0 Å². The summed E-state index contributed by atoms with van der Waals surface area (Å²) in [6, 6.07) is 3.95. The van der Waals surface area contributed by atoms with Gasteiger partial charge in [0.2, 0.25) is 5.91 Å². The highest BCUT2D eigenvalue weighted by molar-refractivity contribution is 5.76. The molecular weight excluding hydrogens is 252 g/mol. The Morgan fingerprint density at radius 3 is 2.80 bits per heavy atom. The lowest BCUT2D eigenvalue weighted by Gasteiger charge is -2.20. The summed E-state index contributed by atoms with van der Waals surface area (Å²) in [7, 11) is 1.90. The Morgan fingerprint density at radius 2 is 2.10 bits per heavy atom. The molecule has 0 saturated carbocycles. The van der Waals surface area contributed by atoms with Gasteiger partial charge in [0.1, 0.15) is 11.5 Å². The zero-order valence-electron chi connectivity index (χ0n) is 12.8. The van der Waals surface area contributed by atoms with Gasteiger partial charge in [-0.25, -0.2) is 0 Å². The molecule has 1 saturated heterocycles. The second kappa shape index (κ2) is 6.93. The van der Waals surface area contributed by atoms with Crippen LogP contribution in [0.2, 0.25) is 0 Å². The number of carbonyl (C=O) groups excluding carboxylic acids is 1. The van der Waals surface area contributed by atoms with Crippen LogP contribution in [0.25, 0.3) is 0 Å². The first kappa shape index (κ1) is 15.1. The van der Waals surface area contributed by atoms with Crippen molar-refractivity contribution >= 4 is 5.91 Å². The molecule has 1 atom stereocenters. The Balaban J connectivity index is 1.95. The molecule has 1 N–H and O–H groups in total. The smallest absolute Gasteiger partial charge is 0.222 e.